The predicted molar refractivity (Wildman–Crippen MR) is 31.5 cm³/mol. The summed E-state index contributed by atoms with van der Waals surface area (Å²) in [5, 5.41) is 8.05. The van der Waals surface area contributed by atoms with Gasteiger partial charge in [0.1, 0.15) is 0 Å². The molecule has 0 saturated carbocycles. The van der Waals surface area contributed by atoms with Crippen molar-refractivity contribution in [3.63, 3.8) is 0 Å². The molecular formula is C5H9ClO. The summed E-state index contributed by atoms with van der Waals surface area (Å²) in [7, 11) is 0. The van der Waals surface area contributed by atoms with Crippen LogP contribution in [-0.2, 0) is 0 Å². The standard InChI is InChI=1S/C5H9ClO/c1-4(2)5(6)3-7/h5,7H,1,3H2,2H3. The van der Waals surface area contributed by atoms with Crippen LogP contribution in [-0.4, -0.2) is 17.1 Å². The number of rotatable bonds is 2. The molecule has 0 bridgehead atoms. The number of aliphatic hydroxyl groups excluding tert-OH is 1. The van der Waals surface area contributed by atoms with Gasteiger partial charge < -0.3 is 5.11 Å². The summed E-state index contributed by atoms with van der Waals surface area (Å²) >= 11 is 5.45. The van der Waals surface area contributed by atoms with Gasteiger partial charge in [0.05, 0.1) is 12.0 Å². The number of alkyl halides is 1. The van der Waals surface area contributed by atoms with Gasteiger partial charge in [-0.2, -0.15) is 0 Å². The van der Waals surface area contributed by atoms with Gasteiger partial charge in [-0.3, -0.25) is 0 Å². The van der Waals surface area contributed by atoms with Gasteiger partial charge in [-0.1, -0.05) is 12.2 Å². The van der Waals surface area contributed by atoms with Gasteiger partial charge in [0.25, 0.3) is 0 Å². The Morgan fingerprint density at radius 2 is 2.43 bits per heavy atom. The summed E-state index contributed by atoms with van der Waals surface area (Å²) in [6, 6.07) is 0. The summed E-state index contributed by atoms with van der Waals surface area (Å²) in [6.45, 7) is 5.30. The van der Waals surface area contributed by atoms with Crippen LogP contribution < -0.4 is 0 Å². The second kappa shape index (κ2) is 3.05. The topological polar surface area (TPSA) is 20.2 Å². The molecule has 0 radical (unpaired) electrons. The highest BCUT2D eigenvalue weighted by Gasteiger charge is 1.99. The molecule has 0 heterocycles. The lowest BCUT2D eigenvalue weighted by molar-refractivity contribution is 0.302. The van der Waals surface area contributed by atoms with E-state index in [0.717, 1.165) is 5.57 Å². The predicted octanol–water partition coefficient (Wildman–Crippen LogP) is 1.16. The normalized spacial score (nSPS) is 13.6. The molecule has 7 heavy (non-hydrogen) atoms. The Kier molecular flexibility index (Phi) is 3.05. The molecule has 0 aliphatic rings. The minimum atomic E-state index is -0.264. The lowest BCUT2D eigenvalue weighted by atomic mass is 10.2. The van der Waals surface area contributed by atoms with Crippen molar-refractivity contribution >= 4 is 11.6 Å². The minimum absolute atomic E-state index is 0.0170. The molecule has 0 aromatic heterocycles. The van der Waals surface area contributed by atoms with Crippen LogP contribution in [0.5, 0.6) is 0 Å². The Bertz CT molecular complexity index is 70.5. The van der Waals surface area contributed by atoms with Crippen LogP contribution in [0.15, 0.2) is 12.2 Å². The fourth-order valence-corrected chi connectivity index (χ4v) is 0.156. The molecule has 0 rings (SSSR count). The van der Waals surface area contributed by atoms with E-state index in [1.165, 1.54) is 0 Å². The van der Waals surface area contributed by atoms with E-state index < -0.39 is 0 Å². The summed E-state index contributed by atoms with van der Waals surface area (Å²) in [5.74, 6) is 0. The summed E-state index contributed by atoms with van der Waals surface area (Å²) in [4.78, 5) is 0. The Morgan fingerprint density at radius 1 is 2.00 bits per heavy atom. The summed E-state index contributed by atoms with van der Waals surface area (Å²) < 4.78 is 0. The molecule has 0 aromatic carbocycles. The van der Waals surface area contributed by atoms with Gasteiger partial charge in [-0.15, -0.1) is 11.6 Å². The molecule has 0 amide bonds. The molecule has 1 nitrogen and oxygen atoms in total. The highest BCUT2D eigenvalue weighted by Crippen LogP contribution is 2.03. The van der Waals surface area contributed by atoms with Gasteiger partial charge in [0, 0.05) is 0 Å². The van der Waals surface area contributed by atoms with Crippen LogP contribution >= 0.6 is 11.6 Å². The van der Waals surface area contributed by atoms with E-state index in [2.05, 4.69) is 6.58 Å². The second-order valence-electron chi connectivity index (χ2n) is 1.50. The molecule has 2 heteroatoms. The van der Waals surface area contributed by atoms with Crippen molar-refractivity contribution in [1.29, 1.82) is 0 Å². The second-order valence-corrected chi connectivity index (χ2v) is 2.02. The van der Waals surface area contributed by atoms with E-state index in [9.17, 15) is 0 Å². The molecule has 1 atom stereocenters. The van der Waals surface area contributed by atoms with E-state index in [0.29, 0.717) is 0 Å². The number of hydrogen-bond acceptors (Lipinski definition) is 1. The van der Waals surface area contributed by atoms with Crippen molar-refractivity contribution in [1.82, 2.24) is 0 Å². The third kappa shape index (κ3) is 2.66. The van der Waals surface area contributed by atoms with Crippen LogP contribution in [0.4, 0.5) is 0 Å². The molecule has 42 valence electrons. The molecule has 0 aliphatic heterocycles. The van der Waals surface area contributed by atoms with E-state index in [1.54, 1.807) is 6.92 Å². The summed E-state index contributed by atoms with van der Waals surface area (Å²) in [6.07, 6.45) is 0. The zero-order valence-electron chi connectivity index (χ0n) is 4.32. The van der Waals surface area contributed by atoms with Crippen LogP contribution in [0.2, 0.25) is 0 Å². The van der Waals surface area contributed by atoms with Gasteiger partial charge in [-0.05, 0) is 6.92 Å². The SMILES string of the molecule is C=C(C)C(Cl)CO. The maximum Gasteiger partial charge on any atom is 0.0771 e. The Hall–Kier alpha value is -0.0100. The van der Waals surface area contributed by atoms with Crippen molar-refractivity contribution in [2.24, 2.45) is 0 Å². The number of halogens is 1. The fourth-order valence-electron chi connectivity index (χ4n) is 0.156. The third-order valence-corrected chi connectivity index (χ3v) is 1.21. The first-order valence-electron chi connectivity index (χ1n) is 2.08. The molecule has 0 saturated heterocycles. The van der Waals surface area contributed by atoms with Crippen LogP contribution in [0, 0.1) is 0 Å². The van der Waals surface area contributed by atoms with Crippen molar-refractivity contribution in [2.75, 3.05) is 6.61 Å². The maximum atomic E-state index is 8.31. The molecule has 1 unspecified atom stereocenters. The van der Waals surface area contributed by atoms with E-state index in [-0.39, 0.29) is 12.0 Å². The van der Waals surface area contributed by atoms with Gasteiger partial charge in [0.2, 0.25) is 0 Å². The van der Waals surface area contributed by atoms with Gasteiger partial charge in [0.15, 0.2) is 0 Å². The van der Waals surface area contributed by atoms with Crippen molar-refractivity contribution in [3.05, 3.63) is 12.2 Å². The van der Waals surface area contributed by atoms with Crippen molar-refractivity contribution < 1.29 is 5.11 Å². The van der Waals surface area contributed by atoms with Crippen LogP contribution in [0.3, 0.4) is 0 Å². The monoisotopic (exact) mass is 120 g/mol. The molecule has 0 spiro atoms. The molecule has 0 fully saturated rings. The van der Waals surface area contributed by atoms with E-state index in [1.807, 2.05) is 0 Å². The Morgan fingerprint density at radius 3 is 2.43 bits per heavy atom. The molecular weight excluding hydrogens is 112 g/mol. The number of aliphatic hydroxyl groups is 1. The smallest absolute Gasteiger partial charge is 0.0771 e. The van der Waals surface area contributed by atoms with E-state index >= 15 is 0 Å². The van der Waals surface area contributed by atoms with Crippen LogP contribution in [0.1, 0.15) is 6.92 Å². The van der Waals surface area contributed by atoms with E-state index in [4.69, 9.17) is 16.7 Å². The first-order chi connectivity index (χ1) is 3.18. The van der Waals surface area contributed by atoms with Gasteiger partial charge in [-0.25, -0.2) is 0 Å². The lowest BCUT2D eigenvalue weighted by Crippen LogP contribution is -2.03. The molecule has 0 aliphatic carbocycles. The summed E-state index contributed by atoms with van der Waals surface area (Å²) in [5.41, 5.74) is 0.809. The maximum absolute atomic E-state index is 8.31. The van der Waals surface area contributed by atoms with Gasteiger partial charge >= 0.3 is 0 Å². The van der Waals surface area contributed by atoms with Crippen LogP contribution in [0.25, 0.3) is 0 Å². The third-order valence-electron chi connectivity index (χ3n) is 0.695. The Labute approximate surface area is 48.6 Å². The molecule has 1 N–H and O–H groups in total. The highest BCUT2D eigenvalue weighted by atomic mass is 35.5. The zero-order valence-corrected chi connectivity index (χ0v) is 5.07. The Balaban J connectivity index is 3.34. The van der Waals surface area contributed by atoms with Crippen molar-refractivity contribution in [2.45, 2.75) is 12.3 Å². The lowest BCUT2D eigenvalue weighted by Gasteiger charge is -2.00. The fraction of sp³-hybridized carbons (Fsp3) is 0.600. The zero-order chi connectivity index (χ0) is 5.86. The molecule has 0 aromatic rings. The first-order valence-corrected chi connectivity index (χ1v) is 2.52. The average Bonchev–Trinajstić information content (AvgIpc) is 1.65. The highest BCUT2D eigenvalue weighted by molar-refractivity contribution is 6.22. The minimum Gasteiger partial charge on any atom is -0.394 e. The quantitative estimate of drug-likeness (QED) is 0.428. The average molecular weight is 121 g/mol. The largest absolute Gasteiger partial charge is 0.394 e. The van der Waals surface area contributed by atoms with Crippen molar-refractivity contribution in [3.8, 4) is 0 Å². The number of hydrogen-bond donors (Lipinski definition) is 1. The first kappa shape index (κ1) is 6.99.